The van der Waals surface area contributed by atoms with Crippen molar-refractivity contribution < 1.29 is 22.3 Å². The van der Waals surface area contributed by atoms with Gasteiger partial charge >= 0.3 is 12.2 Å². The summed E-state index contributed by atoms with van der Waals surface area (Å²) < 4.78 is 50.6. The van der Waals surface area contributed by atoms with Crippen LogP contribution in [0.5, 0.6) is 0 Å². The topological polar surface area (TPSA) is 60.2 Å². The highest BCUT2D eigenvalue weighted by Gasteiger charge is 2.30. The number of allylic oxidation sites excluding steroid dienone is 1. The van der Waals surface area contributed by atoms with Gasteiger partial charge in [0.15, 0.2) is 0 Å². The highest BCUT2D eigenvalue weighted by atomic mass is 19.4. The highest BCUT2D eigenvalue weighted by Crippen LogP contribution is 2.32. The summed E-state index contributed by atoms with van der Waals surface area (Å²) in [5, 5.41) is 10.8. The Morgan fingerprint density at radius 3 is 2.64 bits per heavy atom. The first kappa shape index (κ1) is 27.3. The Kier molecular flexibility index (Phi) is 9.96. The summed E-state index contributed by atoms with van der Waals surface area (Å²) in [7, 11) is 0. The van der Waals surface area contributed by atoms with Crippen LogP contribution in [0.1, 0.15) is 63.5 Å². The lowest BCUT2D eigenvalue weighted by atomic mass is 10.0. The Morgan fingerprint density at radius 2 is 1.89 bits per heavy atom. The molecule has 1 atom stereocenters. The first-order chi connectivity index (χ1) is 17.3. The van der Waals surface area contributed by atoms with Crippen molar-refractivity contribution in [1.82, 2.24) is 10.2 Å². The van der Waals surface area contributed by atoms with Crippen LogP contribution in [-0.4, -0.2) is 16.8 Å². The molecule has 8 heteroatoms. The van der Waals surface area contributed by atoms with Gasteiger partial charge in [-0.2, -0.15) is 13.2 Å². The van der Waals surface area contributed by atoms with Gasteiger partial charge in [0.25, 0.3) is 0 Å². The fraction of sp³-hybridized carbons (Fsp3) is 0.429. The van der Waals surface area contributed by atoms with E-state index in [0.717, 1.165) is 61.3 Å². The molecule has 0 fully saturated rings. The smallest absolute Gasteiger partial charge is 0.416 e. The first-order valence-corrected chi connectivity index (χ1v) is 12.5. The fourth-order valence-electron chi connectivity index (χ4n) is 3.91. The monoisotopic (exact) mass is 501 g/mol. The van der Waals surface area contributed by atoms with Crippen molar-refractivity contribution >= 4 is 11.7 Å². The Hall–Kier alpha value is -3.29. The fourth-order valence-corrected chi connectivity index (χ4v) is 3.91. The van der Waals surface area contributed by atoms with Crippen LogP contribution in [0.15, 0.2) is 65.3 Å². The highest BCUT2D eigenvalue weighted by molar-refractivity contribution is 5.60. The quantitative estimate of drug-likeness (QED) is 0.224. The van der Waals surface area contributed by atoms with Gasteiger partial charge in [-0.3, -0.25) is 0 Å². The van der Waals surface area contributed by atoms with E-state index in [0.29, 0.717) is 11.8 Å². The molecular formula is C28H34F3N3O2. The third kappa shape index (κ3) is 8.14. The largest absolute Gasteiger partial charge is 0.498 e. The number of halogens is 3. The third-order valence-corrected chi connectivity index (χ3v) is 6.08. The van der Waals surface area contributed by atoms with Crippen LogP contribution in [0.2, 0.25) is 0 Å². The molecule has 1 aromatic heterocycles. The van der Waals surface area contributed by atoms with Gasteiger partial charge in [0, 0.05) is 17.7 Å². The van der Waals surface area contributed by atoms with E-state index < -0.39 is 11.7 Å². The molecule has 1 N–H and O–H groups in total. The van der Waals surface area contributed by atoms with E-state index in [1.165, 1.54) is 31.4 Å². The summed E-state index contributed by atoms with van der Waals surface area (Å²) in [5.41, 5.74) is 1.29. The van der Waals surface area contributed by atoms with Crippen LogP contribution in [0.4, 0.5) is 24.9 Å². The predicted octanol–water partition coefficient (Wildman–Crippen LogP) is 8.57. The van der Waals surface area contributed by atoms with E-state index >= 15 is 0 Å². The Morgan fingerprint density at radius 1 is 1.08 bits per heavy atom. The van der Waals surface area contributed by atoms with E-state index in [-0.39, 0.29) is 11.7 Å². The normalized spacial score (nSPS) is 12.4. The standard InChI is InChI=1S/C28H34F3N3O2/c1-4-6-12-21(5-2)19-35-20(3)11-9-14-22-13-7-8-17-25(22)26-33-34-27(36-26)32-24-16-10-15-23(18-24)28(29,30)31/h7-8,10,13,15-18,21H,3-6,9,11-12,14,19H2,1-2H3,(H,32,34). The summed E-state index contributed by atoms with van der Waals surface area (Å²) in [6.07, 6.45) is 2.65. The Balaban J connectivity index is 1.57. The zero-order valence-corrected chi connectivity index (χ0v) is 20.9. The molecule has 0 aliphatic heterocycles. The molecule has 0 saturated carbocycles. The van der Waals surface area contributed by atoms with Crippen molar-refractivity contribution in [3.63, 3.8) is 0 Å². The molecule has 2 aromatic carbocycles. The third-order valence-electron chi connectivity index (χ3n) is 6.08. The minimum atomic E-state index is -4.43. The lowest BCUT2D eigenvalue weighted by molar-refractivity contribution is -0.137. The maximum absolute atomic E-state index is 13.0. The average Bonchev–Trinajstić information content (AvgIpc) is 3.32. The summed E-state index contributed by atoms with van der Waals surface area (Å²) >= 11 is 0. The lowest BCUT2D eigenvalue weighted by Gasteiger charge is -2.17. The number of benzene rings is 2. The number of rotatable bonds is 14. The second-order valence-corrected chi connectivity index (χ2v) is 8.89. The zero-order valence-electron chi connectivity index (χ0n) is 20.9. The van der Waals surface area contributed by atoms with Gasteiger partial charge in [0.2, 0.25) is 5.89 Å². The minimum absolute atomic E-state index is 0.0226. The number of unbranched alkanes of at least 4 members (excludes halogenated alkanes) is 1. The molecule has 3 aromatic rings. The van der Waals surface area contributed by atoms with E-state index in [2.05, 4.69) is 35.9 Å². The summed E-state index contributed by atoms with van der Waals surface area (Å²) in [5.74, 6) is 1.67. The van der Waals surface area contributed by atoms with Gasteiger partial charge in [-0.25, -0.2) is 0 Å². The van der Waals surface area contributed by atoms with Crippen molar-refractivity contribution in [2.75, 3.05) is 11.9 Å². The zero-order chi connectivity index (χ0) is 26.0. The molecule has 0 saturated heterocycles. The molecular weight excluding hydrogens is 467 g/mol. The number of aromatic nitrogens is 2. The van der Waals surface area contributed by atoms with Gasteiger partial charge in [0.1, 0.15) is 0 Å². The van der Waals surface area contributed by atoms with Crippen molar-refractivity contribution in [1.29, 1.82) is 0 Å². The molecule has 0 aliphatic rings. The van der Waals surface area contributed by atoms with E-state index in [1.807, 2.05) is 24.3 Å². The number of anilines is 2. The number of nitrogens with one attached hydrogen (secondary N) is 1. The second kappa shape index (κ2) is 13.1. The average molecular weight is 502 g/mol. The molecule has 5 nitrogen and oxygen atoms in total. The van der Waals surface area contributed by atoms with Crippen LogP contribution in [0.25, 0.3) is 11.5 Å². The maximum Gasteiger partial charge on any atom is 0.416 e. The number of alkyl halides is 3. The first-order valence-electron chi connectivity index (χ1n) is 12.5. The van der Waals surface area contributed by atoms with Crippen LogP contribution < -0.4 is 5.32 Å². The van der Waals surface area contributed by atoms with Gasteiger partial charge in [-0.05, 0) is 55.0 Å². The van der Waals surface area contributed by atoms with Gasteiger partial charge in [-0.1, -0.05) is 69.1 Å². The summed E-state index contributed by atoms with van der Waals surface area (Å²) in [6, 6.07) is 12.6. The predicted molar refractivity (Wildman–Crippen MR) is 136 cm³/mol. The van der Waals surface area contributed by atoms with Crippen molar-refractivity contribution in [3.05, 3.63) is 72.0 Å². The van der Waals surface area contributed by atoms with Gasteiger partial charge in [-0.15, -0.1) is 5.10 Å². The van der Waals surface area contributed by atoms with Gasteiger partial charge in [0.05, 0.1) is 17.9 Å². The lowest BCUT2D eigenvalue weighted by Crippen LogP contribution is -2.08. The number of nitrogens with zero attached hydrogens (tertiary/aromatic N) is 2. The van der Waals surface area contributed by atoms with Crippen molar-refractivity contribution in [2.24, 2.45) is 5.92 Å². The molecule has 36 heavy (non-hydrogen) atoms. The molecule has 0 amide bonds. The van der Waals surface area contributed by atoms with Gasteiger partial charge < -0.3 is 14.5 Å². The van der Waals surface area contributed by atoms with Crippen molar-refractivity contribution in [3.8, 4) is 11.5 Å². The second-order valence-electron chi connectivity index (χ2n) is 8.89. The number of hydrogen-bond donors (Lipinski definition) is 1. The van der Waals surface area contributed by atoms with Crippen LogP contribution >= 0.6 is 0 Å². The van der Waals surface area contributed by atoms with E-state index in [9.17, 15) is 13.2 Å². The van der Waals surface area contributed by atoms with Crippen LogP contribution in [0.3, 0.4) is 0 Å². The maximum atomic E-state index is 13.0. The number of hydrogen-bond acceptors (Lipinski definition) is 5. The van der Waals surface area contributed by atoms with Crippen molar-refractivity contribution in [2.45, 2.75) is 65.0 Å². The molecule has 3 rings (SSSR count). The van der Waals surface area contributed by atoms with Crippen LogP contribution in [0, 0.1) is 5.92 Å². The Labute approximate surface area is 210 Å². The molecule has 0 radical (unpaired) electrons. The summed E-state index contributed by atoms with van der Waals surface area (Å²) in [6.45, 7) is 9.19. The number of ether oxygens (including phenoxy) is 1. The SMILES string of the molecule is C=C(CCCc1ccccc1-c1nnc(Nc2cccc(C(F)(F)F)c2)o1)OCC(CC)CCCC. The molecule has 0 bridgehead atoms. The molecule has 1 unspecified atom stereocenters. The Bertz CT molecular complexity index is 1110. The van der Waals surface area contributed by atoms with E-state index in [1.54, 1.807) is 0 Å². The van der Waals surface area contributed by atoms with Crippen LogP contribution in [-0.2, 0) is 17.3 Å². The van der Waals surface area contributed by atoms with E-state index in [4.69, 9.17) is 9.15 Å². The summed E-state index contributed by atoms with van der Waals surface area (Å²) in [4.78, 5) is 0. The molecule has 0 aliphatic carbocycles. The molecule has 1 heterocycles. The molecule has 194 valence electrons. The number of aryl methyl sites for hydroxylation is 1. The minimum Gasteiger partial charge on any atom is -0.498 e. The molecule has 0 spiro atoms.